The van der Waals surface area contributed by atoms with E-state index in [4.69, 9.17) is 4.74 Å². The number of hydrogen-bond acceptors (Lipinski definition) is 2. The van der Waals surface area contributed by atoms with Crippen LogP contribution in [0.2, 0.25) is 0 Å². The third kappa shape index (κ3) is 0.578. The molecule has 1 heterocycles. The fourth-order valence-electron chi connectivity index (χ4n) is 1.99. The van der Waals surface area contributed by atoms with E-state index >= 15 is 0 Å². The lowest BCUT2D eigenvalue weighted by atomic mass is 9.72. The van der Waals surface area contributed by atoms with Gasteiger partial charge in [-0.3, -0.25) is 0 Å². The van der Waals surface area contributed by atoms with E-state index in [9.17, 15) is 0 Å². The first kappa shape index (κ1) is 5.69. The van der Waals surface area contributed by atoms with E-state index in [1.807, 2.05) is 7.11 Å². The zero-order valence-corrected chi connectivity index (χ0v) is 5.81. The Hall–Kier alpha value is -0.0800. The Kier molecular flexibility index (Phi) is 1.08. The van der Waals surface area contributed by atoms with Gasteiger partial charge in [-0.15, -0.1) is 0 Å². The number of rotatable bonds is 1. The molecule has 0 bridgehead atoms. The van der Waals surface area contributed by atoms with E-state index in [1.165, 1.54) is 19.4 Å². The normalized spacial score (nSPS) is 48.3. The Balaban J connectivity index is 2.10. The maximum Gasteiger partial charge on any atom is 0.0842 e. The molecule has 0 aromatic rings. The van der Waals surface area contributed by atoms with Crippen LogP contribution < -0.4 is 5.32 Å². The summed E-state index contributed by atoms with van der Waals surface area (Å²) in [6.45, 7) is 2.25. The van der Waals surface area contributed by atoms with Crippen LogP contribution in [0.25, 0.3) is 0 Å². The molecule has 0 spiro atoms. The van der Waals surface area contributed by atoms with E-state index in [0.717, 1.165) is 12.5 Å². The molecule has 52 valence electrons. The molecule has 2 heteroatoms. The second kappa shape index (κ2) is 1.70. The van der Waals surface area contributed by atoms with Gasteiger partial charge in [0.15, 0.2) is 0 Å². The average Bonchev–Trinajstić information content (AvgIpc) is 2.10. The average molecular weight is 127 g/mol. The highest BCUT2D eigenvalue weighted by Crippen LogP contribution is 2.43. The van der Waals surface area contributed by atoms with Gasteiger partial charge in [-0.25, -0.2) is 0 Å². The molecule has 2 atom stereocenters. The lowest BCUT2D eigenvalue weighted by molar-refractivity contribution is -0.0913. The van der Waals surface area contributed by atoms with Crippen molar-refractivity contribution in [3.8, 4) is 0 Å². The van der Waals surface area contributed by atoms with Gasteiger partial charge in [0.2, 0.25) is 0 Å². The molecular formula is C7H13NO. The predicted molar refractivity (Wildman–Crippen MR) is 35.3 cm³/mol. The molecule has 2 unspecified atom stereocenters. The van der Waals surface area contributed by atoms with Crippen molar-refractivity contribution < 1.29 is 4.74 Å². The monoisotopic (exact) mass is 127 g/mol. The van der Waals surface area contributed by atoms with E-state index in [2.05, 4.69) is 5.32 Å². The fraction of sp³-hybridized carbons (Fsp3) is 1.00. The molecule has 2 aliphatic rings. The number of fused-ring (bicyclic) bond motifs is 1. The van der Waals surface area contributed by atoms with Crippen LogP contribution in [0.5, 0.6) is 0 Å². The van der Waals surface area contributed by atoms with Gasteiger partial charge < -0.3 is 10.1 Å². The zero-order chi connectivity index (χ0) is 6.32. The molecule has 9 heavy (non-hydrogen) atoms. The number of hydrogen-bond donors (Lipinski definition) is 1. The van der Waals surface area contributed by atoms with Crippen molar-refractivity contribution in [3.05, 3.63) is 0 Å². The Bertz CT molecular complexity index is 122. The SMILES string of the molecule is COC12CCC1CNC2. The van der Waals surface area contributed by atoms with E-state index < -0.39 is 0 Å². The van der Waals surface area contributed by atoms with Gasteiger partial charge in [0.05, 0.1) is 5.60 Å². The summed E-state index contributed by atoms with van der Waals surface area (Å²) < 4.78 is 5.44. The molecule has 2 fully saturated rings. The summed E-state index contributed by atoms with van der Waals surface area (Å²) in [6, 6.07) is 0. The molecule has 1 aliphatic carbocycles. The number of methoxy groups -OCH3 is 1. The van der Waals surface area contributed by atoms with E-state index in [-0.39, 0.29) is 5.60 Å². The van der Waals surface area contributed by atoms with Gasteiger partial charge in [0.25, 0.3) is 0 Å². The second-order valence-electron chi connectivity index (χ2n) is 3.14. The first-order valence-electron chi connectivity index (χ1n) is 3.63. The fourth-order valence-corrected chi connectivity index (χ4v) is 1.99. The second-order valence-corrected chi connectivity index (χ2v) is 3.14. The highest BCUT2D eigenvalue weighted by molar-refractivity contribution is 5.04. The highest BCUT2D eigenvalue weighted by Gasteiger charge is 2.50. The Morgan fingerprint density at radius 1 is 1.67 bits per heavy atom. The van der Waals surface area contributed by atoms with Crippen molar-refractivity contribution >= 4 is 0 Å². The summed E-state index contributed by atoms with van der Waals surface area (Å²) in [7, 11) is 1.83. The van der Waals surface area contributed by atoms with Crippen LogP contribution in [0.4, 0.5) is 0 Å². The zero-order valence-electron chi connectivity index (χ0n) is 5.81. The Morgan fingerprint density at radius 2 is 2.56 bits per heavy atom. The maximum atomic E-state index is 5.44. The number of ether oxygens (including phenoxy) is 1. The van der Waals surface area contributed by atoms with Crippen molar-refractivity contribution in [1.82, 2.24) is 5.32 Å². The van der Waals surface area contributed by atoms with Crippen LogP contribution in [-0.2, 0) is 4.74 Å². The smallest absolute Gasteiger partial charge is 0.0842 e. The lowest BCUT2D eigenvalue weighted by Crippen LogP contribution is -2.48. The summed E-state index contributed by atoms with van der Waals surface area (Å²) in [6.07, 6.45) is 2.63. The molecular weight excluding hydrogens is 114 g/mol. The van der Waals surface area contributed by atoms with E-state index in [0.29, 0.717) is 0 Å². The van der Waals surface area contributed by atoms with Crippen LogP contribution >= 0.6 is 0 Å². The Labute approximate surface area is 55.6 Å². The third-order valence-corrected chi connectivity index (χ3v) is 2.88. The largest absolute Gasteiger partial charge is 0.377 e. The van der Waals surface area contributed by atoms with Crippen molar-refractivity contribution in [2.75, 3.05) is 20.2 Å². The molecule has 0 aromatic heterocycles. The molecule has 0 radical (unpaired) electrons. The van der Waals surface area contributed by atoms with Crippen LogP contribution in [0.15, 0.2) is 0 Å². The molecule has 0 aromatic carbocycles. The van der Waals surface area contributed by atoms with Crippen molar-refractivity contribution in [3.63, 3.8) is 0 Å². The number of nitrogens with one attached hydrogen (secondary N) is 1. The topological polar surface area (TPSA) is 21.3 Å². The lowest BCUT2D eigenvalue weighted by Gasteiger charge is -2.42. The molecule has 1 saturated heterocycles. The van der Waals surface area contributed by atoms with Crippen LogP contribution in [0, 0.1) is 5.92 Å². The molecule has 1 N–H and O–H groups in total. The van der Waals surface area contributed by atoms with Gasteiger partial charge in [-0.1, -0.05) is 0 Å². The molecule has 1 saturated carbocycles. The first-order valence-corrected chi connectivity index (χ1v) is 3.63. The Morgan fingerprint density at radius 3 is 2.89 bits per heavy atom. The van der Waals surface area contributed by atoms with Gasteiger partial charge in [-0.05, 0) is 12.8 Å². The van der Waals surface area contributed by atoms with Gasteiger partial charge >= 0.3 is 0 Å². The van der Waals surface area contributed by atoms with Gasteiger partial charge in [0, 0.05) is 26.1 Å². The standard InChI is InChI=1S/C7H13NO/c1-9-7-3-2-6(7)4-8-5-7/h6,8H,2-5H2,1H3. The third-order valence-electron chi connectivity index (χ3n) is 2.88. The first-order chi connectivity index (χ1) is 4.37. The maximum absolute atomic E-state index is 5.44. The minimum atomic E-state index is 0.264. The minimum absolute atomic E-state index is 0.264. The molecule has 2 nitrogen and oxygen atoms in total. The molecule has 2 rings (SSSR count). The van der Waals surface area contributed by atoms with Crippen LogP contribution in [0.3, 0.4) is 0 Å². The molecule has 1 aliphatic heterocycles. The predicted octanol–water partition coefficient (Wildman–Crippen LogP) is 0.385. The minimum Gasteiger partial charge on any atom is -0.377 e. The van der Waals surface area contributed by atoms with E-state index in [1.54, 1.807) is 0 Å². The summed E-state index contributed by atoms with van der Waals surface area (Å²) in [5, 5.41) is 3.35. The van der Waals surface area contributed by atoms with Crippen LogP contribution in [-0.4, -0.2) is 25.8 Å². The van der Waals surface area contributed by atoms with Crippen molar-refractivity contribution in [1.29, 1.82) is 0 Å². The quantitative estimate of drug-likeness (QED) is 0.550. The van der Waals surface area contributed by atoms with Crippen molar-refractivity contribution in [2.45, 2.75) is 18.4 Å². The van der Waals surface area contributed by atoms with Gasteiger partial charge in [0.1, 0.15) is 0 Å². The molecule has 0 amide bonds. The highest BCUT2D eigenvalue weighted by atomic mass is 16.5. The summed E-state index contributed by atoms with van der Waals surface area (Å²) >= 11 is 0. The summed E-state index contributed by atoms with van der Waals surface area (Å²) in [5.41, 5.74) is 0.264. The van der Waals surface area contributed by atoms with Crippen molar-refractivity contribution in [2.24, 2.45) is 5.92 Å². The van der Waals surface area contributed by atoms with Crippen LogP contribution in [0.1, 0.15) is 12.8 Å². The summed E-state index contributed by atoms with van der Waals surface area (Å²) in [5.74, 6) is 0.822. The van der Waals surface area contributed by atoms with Gasteiger partial charge in [-0.2, -0.15) is 0 Å². The summed E-state index contributed by atoms with van der Waals surface area (Å²) in [4.78, 5) is 0.